The number of amides is 1. The summed E-state index contributed by atoms with van der Waals surface area (Å²) in [5, 5.41) is 15.5. The van der Waals surface area contributed by atoms with Gasteiger partial charge in [-0.1, -0.05) is 0 Å². The number of hydrogen-bond donors (Lipinski definition) is 2. The van der Waals surface area contributed by atoms with Crippen LogP contribution >= 0.6 is 0 Å². The average Bonchev–Trinajstić information content (AvgIpc) is 2.86. The monoisotopic (exact) mass is 303 g/mol. The molecule has 1 aromatic heterocycles. The summed E-state index contributed by atoms with van der Waals surface area (Å²) in [4.78, 5) is 25.8. The van der Waals surface area contributed by atoms with Gasteiger partial charge in [0.2, 0.25) is 0 Å². The molecule has 0 aliphatic carbocycles. The Morgan fingerprint density at radius 3 is 2.35 bits per heavy atom. The molecular weight excluding hydrogens is 290 g/mol. The maximum atomic E-state index is 12.1. The summed E-state index contributed by atoms with van der Waals surface area (Å²) in [6.45, 7) is 0.574. The van der Waals surface area contributed by atoms with Gasteiger partial charge >= 0.3 is 5.82 Å². The zero-order valence-electron chi connectivity index (χ0n) is 10.4. The van der Waals surface area contributed by atoms with E-state index in [1.165, 1.54) is 17.0 Å². The van der Waals surface area contributed by atoms with Gasteiger partial charge in [0.15, 0.2) is 5.69 Å². The van der Waals surface area contributed by atoms with E-state index < -0.39 is 21.0 Å². The van der Waals surface area contributed by atoms with E-state index in [0.29, 0.717) is 0 Å². The lowest BCUT2D eigenvalue weighted by Gasteiger charge is -2.32. The van der Waals surface area contributed by atoms with Crippen molar-refractivity contribution in [3.05, 3.63) is 27.9 Å². The second kappa shape index (κ2) is 5.19. The number of nitrogens with two attached hydrogens (primary N) is 1. The first-order valence-corrected chi connectivity index (χ1v) is 7.20. The van der Waals surface area contributed by atoms with E-state index in [9.17, 15) is 23.3 Å². The highest BCUT2D eigenvalue weighted by Gasteiger charge is 2.28. The maximum Gasteiger partial charge on any atom is 0.321 e. The van der Waals surface area contributed by atoms with Gasteiger partial charge in [0.1, 0.15) is 0 Å². The van der Waals surface area contributed by atoms with Crippen LogP contribution in [0.25, 0.3) is 0 Å². The third-order valence-corrected chi connectivity index (χ3v) is 4.07. The summed E-state index contributed by atoms with van der Waals surface area (Å²) in [7, 11) is -3.75. The zero-order chi connectivity index (χ0) is 14.9. The molecule has 1 aromatic rings. The number of carbonyl (C=O) groups is 1. The summed E-state index contributed by atoms with van der Waals surface area (Å²) >= 11 is 0. The van der Waals surface area contributed by atoms with Gasteiger partial charge < -0.3 is 15.0 Å². The molecule has 0 spiro atoms. The Morgan fingerprint density at radius 2 is 1.90 bits per heavy atom. The van der Waals surface area contributed by atoms with E-state index in [1.54, 1.807) is 0 Å². The van der Waals surface area contributed by atoms with Crippen LogP contribution in [0.1, 0.15) is 10.5 Å². The molecule has 0 atom stereocenters. The molecule has 3 N–H and O–H groups in total. The first-order chi connectivity index (χ1) is 9.29. The molecule has 2 rings (SSSR count). The molecule has 10 nitrogen and oxygen atoms in total. The van der Waals surface area contributed by atoms with Gasteiger partial charge in [-0.15, -0.1) is 0 Å². The fourth-order valence-corrected chi connectivity index (χ4v) is 2.60. The summed E-state index contributed by atoms with van der Waals surface area (Å²) in [6, 6.07) is 2.53. The third kappa shape index (κ3) is 2.95. The van der Waals surface area contributed by atoms with Crippen LogP contribution in [-0.4, -0.2) is 59.6 Å². The number of aromatic amines is 1. The Bertz CT molecular complexity index is 631. The van der Waals surface area contributed by atoms with E-state index in [4.69, 9.17) is 5.14 Å². The minimum atomic E-state index is -3.75. The highest BCUT2D eigenvalue weighted by molar-refractivity contribution is 7.86. The van der Waals surface area contributed by atoms with E-state index in [1.807, 2.05) is 0 Å². The Hall–Kier alpha value is -1.98. The largest absolute Gasteiger partial charge is 0.358 e. The molecule has 20 heavy (non-hydrogen) atoms. The first kappa shape index (κ1) is 14.4. The Morgan fingerprint density at radius 1 is 1.30 bits per heavy atom. The Balaban J connectivity index is 2.03. The van der Waals surface area contributed by atoms with E-state index in [0.717, 1.165) is 4.31 Å². The fraction of sp³-hybridized carbons (Fsp3) is 0.444. The van der Waals surface area contributed by atoms with Gasteiger partial charge in [-0.3, -0.25) is 4.79 Å². The molecule has 0 unspecified atom stereocenters. The number of H-pyrrole nitrogens is 1. The number of aromatic nitrogens is 1. The molecule has 1 amide bonds. The molecule has 0 aromatic carbocycles. The van der Waals surface area contributed by atoms with Gasteiger partial charge in [0, 0.05) is 32.2 Å². The van der Waals surface area contributed by atoms with Crippen molar-refractivity contribution in [1.29, 1.82) is 0 Å². The molecule has 1 saturated heterocycles. The van der Waals surface area contributed by atoms with Gasteiger partial charge in [0.25, 0.3) is 16.1 Å². The molecule has 0 saturated carbocycles. The summed E-state index contributed by atoms with van der Waals surface area (Å²) in [5.74, 6) is -0.677. The standard InChI is InChI=1S/C9H13N5O5S/c10-20(18,19)13-5-3-12(4-6-13)9(15)7-1-2-8(11-7)14(16)17/h1-2,11H,3-6H2,(H2,10,18,19). The number of nitrogens with zero attached hydrogens (tertiary/aromatic N) is 3. The van der Waals surface area contributed by atoms with Crippen molar-refractivity contribution in [2.75, 3.05) is 26.2 Å². The zero-order valence-corrected chi connectivity index (χ0v) is 11.2. The second-order valence-corrected chi connectivity index (χ2v) is 5.80. The SMILES string of the molecule is NS(=O)(=O)N1CCN(C(=O)c2ccc([N+](=O)[O-])[nH]2)CC1. The van der Waals surface area contributed by atoms with Crippen molar-refractivity contribution in [3.8, 4) is 0 Å². The van der Waals surface area contributed by atoms with Crippen molar-refractivity contribution in [1.82, 2.24) is 14.2 Å². The van der Waals surface area contributed by atoms with E-state index in [-0.39, 0.29) is 37.7 Å². The lowest BCUT2D eigenvalue weighted by atomic mass is 10.3. The molecule has 0 bridgehead atoms. The number of hydrogen-bond acceptors (Lipinski definition) is 5. The van der Waals surface area contributed by atoms with Crippen molar-refractivity contribution in [2.24, 2.45) is 5.14 Å². The lowest BCUT2D eigenvalue weighted by molar-refractivity contribution is -0.389. The maximum absolute atomic E-state index is 12.1. The van der Waals surface area contributed by atoms with Crippen LogP contribution in [0.3, 0.4) is 0 Å². The Kier molecular flexibility index (Phi) is 3.74. The van der Waals surface area contributed by atoms with Crippen LogP contribution in [0.5, 0.6) is 0 Å². The lowest BCUT2D eigenvalue weighted by Crippen LogP contribution is -2.52. The van der Waals surface area contributed by atoms with Gasteiger partial charge in [-0.2, -0.15) is 12.7 Å². The van der Waals surface area contributed by atoms with Crippen LogP contribution in [0.15, 0.2) is 12.1 Å². The van der Waals surface area contributed by atoms with Crippen LogP contribution in [0, 0.1) is 10.1 Å². The molecular formula is C9H13N5O5S. The quantitative estimate of drug-likeness (QED) is 0.537. The summed E-state index contributed by atoms with van der Waals surface area (Å²) in [6.07, 6.45) is 0. The molecule has 1 fully saturated rings. The minimum absolute atomic E-state index is 0.0979. The van der Waals surface area contributed by atoms with E-state index >= 15 is 0 Å². The van der Waals surface area contributed by atoms with Gasteiger partial charge in [0.05, 0.1) is 0 Å². The summed E-state index contributed by atoms with van der Waals surface area (Å²) in [5.41, 5.74) is 0.0979. The molecule has 2 heterocycles. The average molecular weight is 303 g/mol. The first-order valence-electron chi connectivity index (χ1n) is 5.69. The molecule has 0 radical (unpaired) electrons. The molecule has 11 heteroatoms. The van der Waals surface area contributed by atoms with Gasteiger partial charge in [-0.05, 0) is 11.0 Å². The highest BCUT2D eigenvalue weighted by atomic mass is 32.2. The normalized spacial score (nSPS) is 17.1. The van der Waals surface area contributed by atoms with Crippen LogP contribution in [0.4, 0.5) is 5.82 Å². The highest BCUT2D eigenvalue weighted by Crippen LogP contribution is 2.13. The minimum Gasteiger partial charge on any atom is -0.358 e. The van der Waals surface area contributed by atoms with Crippen LogP contribution in [-0.2, 0) is 10.2 Å². The number of nitro groups is 1. The van der Waals surface area contributed by atoms with Crippen LogP contribution < -0.4 is 5.14 Å². The van der Waals surface area contributed by atoms with Crippen molar-refractivity contribution >= 4 is 21.9 Å². The van der Waals surface area contributed by atoms with Crippen LogP contribution in [0.2, 0.25) is 0 Å². The van der Waals surface area contributed by atoms with Crippen molar-refractivity contribution in [2.45, 2.75) is 0 Å². The fourth-order valence-electron chi connectivity index (χ4n) is 1.93. The number of nitrogens with one attached hydrogen (secondary N) is 1. The van der Waals surface area contributed by atoms with Crippen molar-refractivity contribution < 1.29 is 18.1 Å². The van der Waals surface area contributed by atoms with Crippen molar-refractivity contribution in [3.63, 3.8) is 0 Å². The Labute approximate surface area is 114 Å². The molecule has 1 aliphatic rings. The van der Waals surface area contributed by atoms with Gasteiger partial charge in [-0.25, -0.2) is 10.1 Å². The smallest absolute Gasteiger partial charge is 0.321 e. The predicted octanol–water partition coefficient (Wildman–Crippen LogP) is -1.12. The van der Waals surface area contributed by atoms with E-state index in [2.05, 4.69) is 4.98 Å². The number of carbonyl (C=O) groups excluding carboxylic acids is 1. The molecule has 110 valence electrons. The third-order valence-electron chi connectivity index (χ3n) is 2.98. The number of piperazine rings is 1. The molecule has 1 aliphatic heterocycles. The summed E-state index contributed by atoms with van der Waals surface area (Å²) < 4.78 is 23.3. The predicted molar refractivity (Wildman–Crippen MR) is 68.0 cm³/mol. The topological polar surface area (TPSA) is 143 Å². The second-order valence-electron chi connectivity index (χ2n) is 4.25. The number of rotatable bonds is 3.